The van der Waals surface area contributed by atoms with E-state index in [2.05, 4.69) is 15.3 Å². The van der Waals surface area contributed by atoms with Crippen molar-refractivity contribution in [1.82, 2.24) is 9.97 Å². The van der Waals surface area contributed by atoms with Crippen molar-refractivity contribution in [1.29, 1.82) is 0 Å². The average molecular weight is 350 g/mol. The van der Waals surface area contributed by atoms with Crippen molar-refractivity contribution in [2.45, 2.75) is 11.4 Å². The average Bonchev–Trinajstić information content (AvgIpc) is 2.96. The van der Waals surface area contributed by atoms with Crippen LogP contribution in [0.4, 0.5) is 15.9 Å². The Labute approximate surface area is 138 Å². The van der Waals surface area contributed by atoms with Crippen molar-refractivity contribution in [3.05, 3.63) is 51.4 Å². The number of aromatic nitrogens is 2. The van der Waals surface area contributed by atoms with Gasteiger partial charge in [-0.1, -0.05) is 0 Å². The summed E-state index contributed by atoms with van der Waals surface area (Å²) in [6.45, 7) is 0.284. The van der Waals surface area contributed by atoms with E-state index in [0.717, 1.165) is 4.70 Å². The summed E-state index contributed by atoms with van der Waals surface area (Å²) in [6.07, 6.45) is 3.28. The number of nitrogens with zero attached hydrogens (tertiary/aromatic N) is 3. The molecular formula is C14H11FN4O2S2. The van der Waals surface area contributed by atoms with Gasteiger partial charge in [0.2, 0.25) is 5.82 Å². The van der Waals surface area contributed by atoms with Crippen LogP contribution >= 0.6 is 23.1 Å². The van der Waals surface area contributed by atoms with Crippen LogP contribution in [-0.4, -0.2) is 21.1 Å². The molecule has 0 aliphatic carbocycles. The predicted molar refractivity (Wildman–Crippen MR) is 89.6 cm³/mol. The van der Waals surface area contributed by atoms with Gasteiger partial charge in [0.15, 0.2) is 0 Å². The van der Waals surface area contributed by atoms with Gasteiger partial charge in [0, 0.05) is 12.3 Å². The number of pyridine rings is 1. The Morgan fingerprint density at radius 2 is 2.26 bits per heavy atom. The van der Waals surface area contributed by atoms with Gasteiger partial charge in [-0.15, -0.1) is 23.1 Å². The number of benzene rings is 1. The van der Waals surface area contributed by atoms with E-state index in [1.165, 1.54) is 47.5 Å². The van der Waals surface area contributed by atoms with Crippen molar-refractivity contribution in [2.75, 3.05) is 11.6 Å². The lowest BCUT2D eigenvalue weighted by atomic mass is 10.3. The number of nitro groups is 1. The number of hydrogen-bond donors (Lipinski definition) is 1. The maximum Gasteiger partial charge on any atom is 0.311 e. The first-order valence-corrected chi connectivity index (χ1v) is 8.59. The molecule has 0 atom stereocenters. The normalized spacial score (nSPS) is 10.9. The van der Waals surface area contributed by atoms with E-state index >= 15 is 0 Å². The Bertz CT molecular complexity index is 884. The standard InChI is InChI=1S/C14H11FN4O2S2/c1-22-13-8(15)4-5-10-12(13)18-11(23-10)7-17-14-9(19(20)21)3-2-6-16-14/h2-6H,7H2,1H3,(H,16,17). The minimum atomic E-state index is -0.491. The number of hydrogen-bond acceptors (Lipinski definition) is 7. The van der Waals surface area contributed by atoms with Gasteiger partial charge in [-0.3, -0.25) is 10.1 Å². The maximum absolute atomic E-state index is 13.8. The van der Waals surface area contributed by atoms with Gasteiger partial charge in [-0.25, -0.2) is 14.4 Å². The summed E-state index contributed by atoms with van der Waals surface area (Å²) < 4.78 is 14.6. The topological polar surface area (TPSA) is 81.0 Å². The minimum absolute atomic E-state index is 0.0931. The summed E-state index contributed by atoms with van der Waals surface area (Å²) in [5.74, 6) is -0.108. The molecule has 1 aromatic carbocycles. The first kappa shape index (κ1) is 15.6. The molecule has 0 aliphatic heterocycles. The molecule has 0 fully saturated rings. The van der Waals surface area contributed by atoms with Crippen LogP contribution in [0.1, 0.15) is 5.01 Å². The summed E-state index contributed by atoms with van der Waals surface area (Å²) in [6, 6.07) is 6.01. The second-order valence-electron chi connectivity index (χ2n) is 4.52. The highest BCUT2D eigenvalue weighted by Gasteiger charge is 2.15. The van der Waals surface area contributed by atoms with Gasteiger partial charge in [-0.2, -0.15) is 0 Å². The quantitative estimate of drug-likeness (QED) is 0.424. The number of thioether (sulfide) groups is 1. The zero-order chi connectivity index (χ0) is 16.4. The Morgan fingerprint density at radius 3 is 3.00 bits per heavy atom. The highest BCUT2D eigenvalue weighted by atomic mass is 32.2. The maximum atomic E-state index is 13.8. The van der Waals surface area contributed by atoms with Crippen LogP contribution in [0.15, 0.2) is 35.4 Å². The van der Waals surface area contributed by atoms with E-state index in [-0.39, 0.29) is 23.9 Å². The minimum Gasteiger partial charge on any atom is -0.358 e. The van der Waals surface area contributed by atoms with Crippen molar-refractivity contribution >= 4 is 44.8 Å². The molecule has 118 valence electrons. The van der Waals surface area contributed by atoms with Crippen LogP contribution in [0.2, 0.25) is 0 Å². The fourth-order valence-electron chi connectivity index (χ4n) is 2.10. The zero-order valence-electron chi connectivity index (χ0n) is 11.9. The van der Waals surface area contributed by atoms with E-state index in [0.29, 0.717) is 15.4 Å². The predicted octanol–water partition coefficient (Wildman–Crippen LogP) is 4.07. The molecular weight excluding hydrogens is 339 g/mol. The van der Waals surface area contributed by atoms with Crippen molar-refractivity contribution in [2.24, 2.45) is 0 Å². The van der Waals surface area contributed by atoms with Crippen molar-refractivity contribution < 1.29 is 9.31 Å². The Kier molecular flexibility index (Phi) is 4.39. The largest absolute Gasteiger partial charge is 0.358 e. The monoisotopic (exact) mass is 350 g/mol. The lowest BCUT2D eigenvalue weighted by Gasteiger charge is -2.03. The molecule has 1 N–H and O–H groups in total. The van der Waals surface area contributed by atoms with Gasteiger partial charge in [0.1, 0.15) is 10.8 Å². The lowest BCUT2D eigenvalue weighted by molar-refractivity contribution is -0.384. The fourth-order valence-corrected chi connectivity index (χ4v) is 3.69. The van der Waals surface area contributed by atoms with E-state index in [1.807, 2.05) is 0 Å². The van der Waals surface area contributed by atoms with Crippen molar-refractivity contribution in [3.8, 4) is 0 Å². The van der Waals surface area contributed by atoms with E-state index in [1.54, 1.807) is 12.3 Å². The van der Waals surface area contributed by atoms with E-state index < -0.39 is 4.92 Å². The number of rotatable bonds is 5. The molecule has 0 bridgehead atoms. The fraction of sp³-hybridized carbons (Fsp3) is 0.143. The van der Waals surface area contributed by atoms with Crippen LogP contribution in [0.25, 0.3) is 10.2 Å². The van der Waals surface area contributed by atoms with Gasteiger partial charge in [0.25, 0.3) is 0 Å². The second kappa shape index (κ2) is 6.47. The van der Waals surface area contributed by atoms with Crippen LogP contribution in [0, 0.1) is 15.9 Å². The van der Waals surface area contributed by atoms with Crippen LogP contribution in [0.3, 0.4) is 0 Å². The Morgan fingerprint density at radius 1 is 1.43 bits per heavy atom. The molecule has 2 aromatic heterocycles. The molecule has 0 saturated heterocycles. The summed E-state index contributed by atoms with van der Waals surface area (Å²) in [7, 11) is 0. The molecule has 2 heterocycles. The first-order valence-electron chi connectivity index (χ1n) is 6.55. The Hall–Kier alpha value is -2.26. The number of nitrogens with one attached hydrogen (secondary N) is 1. The van der Waals surface area contributed by atoms with Gasteiger partial charge < -0.3 is 5.32 Å². The molecule has 3 aromatic rings. The molecule has 0 spiro atoms. The summed E-state index contributed by atoms with van der Waals surface area (Å²) in [5, 5.41) is 14.6. The smallest absolute Gasteiger partial charge is 0.311 e. The number of halogens is 1. The summed E-state index contributed by atoms with van der Waals surface area (Å²) >= 11 is 2.72. The van der Waals surface area contributed by atoms with Gasteiger partial charge in [-0.05, 0) is 24.5 Å². The summed E-state index contributed by atoms with van der Waals surface area (Å²) in [4.78, 5) is 19.4. The number of thiazole rings is 1. The third-order valence-electron chi connectivity index (χ3n) is 3.10. The van der Waals surface area contributed by atoms with E-state index in [4.69, 9.17) is 0 Å². The van der Waals surface area contributed by atoms with Crippen LogP contribution in [0.5, 0.6) is 0 Å². The molecule has 9 heteroatoms. The molecule has 23 heavy (non-hydrogen) atoms. The summed E-state index contributed by atoms with van der Waals surface area (Å²) in [5.41, 5.74) is 0.527. The molecule has 0 aliphatic rings. The van der Waals surface area contributed by atoms with Gasteiger partial charge in [0.05, 0.1) is 26.6 Å². The third kappa shape index (κ3) is 3.10. The highest BCUT2D eigenvalue weighted by molar-refractivity contribution is 7.98. The third-order valence-corrected chi connectivity index (χ3v) is 4.92. The molecule has 0 unspecified atom stereocenters. The Balaban J connectivity index is 1.87. The van der Waals surface area contributed by atoms with Crippen LogP contribution in [-0.2, 0) is 6.54 Å². The second-order valence-corrected chi connectivity index (χ2v) is 6.45. The van der Waals surface area contributed by atoms with Crippen molar-refractivity contribution in [3.63, 3.8) is 0 Å². The zero-order valence-corrected chi connectivity index (χ0v) is 13.6. The first-order chi connectivity index (χ1) is 11.1. The number of fused-ring (bicyclic) bond motifs is 1. The highest BCUT2D eigenvalue weighted by Crippen LogP contribution is 2.32. The molecule has 0 saturated carbocycles. The molecule has 0 amide bonds. The SMILES string of the molecule is CSc1c(F)ccc2sc(CNc3ncccc3[N+](=O)[O-])nc12. The lowest BCUT2D eigenvalue weighted by Crippen LogP contribution is -2.04. The molecule has 3 rings (SSSR count). The molecule has 6 nitrogen and oxygen atoms in total. The van der Waals surface area contributed by atoms with Gasteiger partial charge >= 0.3 is 5.69 Å². The molecule has 0 radical (unpaired) electrons. The number of anilines is 1. The van der Waals surface area contributed by atoms with E-state index in [9.17, 15) is 14.5 Å². The van der Waals surface area contributed by atoms with Crippen LogP contribution < -0.4 is 5.32 Å².